The number of benzene rings is 2. The molecule has 1 heterocycles. The third-order valence-corrected chi connectivity index (χ3v) is 5.06. The molecule has 0 saturated carbocycles. The van der Waals surface area contributed by atoms with Crippen LogP contribution in [0.2, 0.25) is 0 Å². The first-order chi connectivity index (χ1) is 15.3. The van der Waals surface area contributed by atoms with Crippen LogP contribution in [-0.2, 0) is 12.0 Å². The number of nitrogens with zero attached hydrogens (tertiary/aromatic N) is 6. The monoisotopic (exact) mass is 432 g/mol. The number of azo groups is 2. The Bertz CT molecular complexity index is 1090. The van der Waals surface area contributed by atoms with Crippen molar-refractivity contribution < 1.29 is 5.11 Å². The van der Waals surface area contributed by atoms with Crippen LogP contribution in [0.5, 0.6) is 5.88 Å². The minimum atomic E-state index is -0.264. The van der Waals surface area contributed by atoms with Gasteiger partial charge in [-0.3, -0.25) is 0 Å². The molecule has 1 aromatic heterocycles. The molecule has 7 nitrogen and oxygen atoms in total. The lowest BCUT2D eigenvalue weighted by molar-refractivity contribution is 0.390. The lowest BCUT2D eigenvalue weighted by Gasteiger charge is -2.15. The highest BCUT2D eigenvalue weighted by molar-refractivity contribution is 5.56. The summed E-state index contributed by atoms with van der Waals surface area (Å²) >= 11 is 0. The van der Waals surface area contributed by atoms with Crippen LogP contribution in [0.3, 0.4) is 0 Å². The molecule has 0 saturated heterocycles. The highest BCUT2D eigenvalue weighted by Crippen LogP contribution is 2.39. The summed E-state index contributed by atoms with van der Waals surface area (Å²) in [7, 11) is 0. The van der Waals surface area contributed by atoms with Crippen molar-refractivity contribution in [3.8, 4) is 5.88 Å². The van der Waals surface area contributed by atoms with Crippen LogP contribution in [0, 0.1) is 6.92 Å². The molecule has 2 aromatic carbocycles. The number of aromatic nitrogens is 2. The highest BCUT2D eigenvalue weighted by Gasteiger charge is 2.27. The van der Waals surface area contributed by atoms with E-state index in [0.717, 1.165) is 41.9 Å². The molecule has 0 unspecified atom stereocenters. The van der Waals surface area contributed by atoms with Crippen LogP contribution in [0.4, 0.5) is 22.7 Å². The number of unbranched alkanes of at least 4 members (excludes halogenated alkanes) is 2. The van der Waals surface area contributed by atoms with Gasteiger partial charge in [0.05, 0.1) is 22.8 Å². The number of aryl methyl sites for hydroxylation is 2. The van der Waals surface area contributed by atoms with Crippen molar-refractivity contribution in [2.75, 3.05) is 0 Å². The molecule has 0 atom stereocenters. The first-order valence-electron chi connectivity index (χ1n) is 11.1. The third-order valence-electron chi connectivity index (χ3n) is 5.06. The Kier molecular flexibility index (Phi) is 7.51. The summed E-state index contributed by atoms with van der Waals surface area (Å²) in [5.74, 6) is 0.0692. The van der Waals surface area contributed by atoms with Gasteiger partial charge in [-0.25, -0.2) is 4.68 Å². The van der Waals surface area contributed by atoms with Gasteiger partial charge < -0.3 is 5.11 Å². The molecule has 0 spiro atoms. The number of aromatic hydroxyl groups is 1. The van der Waals surface area contributed by atoms with E-state index in [2.05, 4.69) is 53.3 Å². The van der Waals surface area contributed by atoms with Crippen LogP contribution in [-0.4, -0.2) is 14.9 Å². The molecule has 3 rings (SSSR count). The maximum absolute atomic E-state index is 10.7. The number of hydrogen-bond acceptors (Lipinski definition) is 6. The second-order valence-electron chi connectivity index (χ2n) is 8.91. The molecule has 0 bridgehead atoms. The summed E-state index contributed by atoms with van der Waals surface area (Å²) in [6, 6.07) is 15.2. The van der Waals surface area contributed by atoms with Crippen molar-refractivity contribution in [3.63, 3.8) is 0 Å². The van der Waals surface area contributed by atoms with E-state index in [0.29, 0.717) is 17.9 Å². The molecule has 3 aromatic rings. The van der Waals surface area contributed by atoms with Crippen molar-refractivity contribution in [3.05, 3.63) is 59.8 Å². The van der Waals surface area contributed by atoms with Gasteiger partial charge in [0, 0.05) is 12.0 Å². The average Bonchev–Trinajstić information content (AvgIpc) is 3.08. The van der Waals surface area contributed by atoms with Gasteiger partial charge in [-0.1, -0.05) is 58.7 Å². The minimum absolute atomic E-state index is 0.0692. The van der Waals surface area contributed by atoms with Crippen molar-refractivity contribution in [2.45, 2.75) is 65.8 Å². The summed E-state index contributed by atoms with van der Waals surface area (Å²) in [5, 5.41) is 32.8. The van der Waals surface area contributed by atoms with Crippen LogP contribution in [0.15, 0.2) is 69.0 Å². The van der Waals surface area contributed by atoms with E-state index in [9.17, 15) is 5.11 Å². The lowest BCUT2D eigenvalue weighted by atomic mass is 9.91. The quantitative estimate of drug-likeness (QED) is 0.287. The minimum Gasteiger partial charge on any atom is -0.492 e. The first-order valence-corrected chi connectivity index (χ1v) is 11.1. The molecule has 7 heteroatoms. The van der Waals surface area contributed by atoms with Gasteiger partial charge in [0.1, 0.15) is 0 Å². The standard InChI is InChI=1S/C25H32N6O/c1-6-7-11-16-31-24(32)22(23(30-31)25(3,4)5)29-27-20-14-15-21(18(2)17-20)28-26-19-12-9-8-10-13-19/h8-10,12-15,17,32H,6-7,11,16H2,1-5H3/b28-26+,29-27+. The molecule has 0 aliphatic rings. The average molecular weight is 433 g/mol. The lowest BCUT2D eigenvalue weighted by Crippen LogP contribution is -2.13. The van der Waals surface area contributed by atoms with Crippen LogP contribution < -0.4 is 0 Å². The molecular formula is C25H32N6O. The second kappa shape index (κ2) is 10.3. The maximum Gasteiger partial charge on any atom is 0.238 e. The summed E-state index contributed by atoms with van der Waals surface area (Å²) < 4.78 is 1.64. The first kappa shape index (κ1) is 23.3. The summed E-state index contributed by atoms with van der Waals surface area (Å²) in [4.78, 5) is 0. The van der Waals surface area contributed by atoms with Crippen LogP contribution >= 0.6 is 0 Å². The van der Waals surface area contributed by atoms with E-state index < -0.39 is 0 Å². The Balaban J connectivity index is 1.83. The molecule has 1 N–H and O–H groups in total. The maximum atomic E-state index is 10.7. The molecule has 0 radical (unpaired) electrons. The van der Waals surface area contributed by atoms with Crippen molar-refractivity contribution >= 4 is 22.7 Å². The number of hydrogen-bond donors (Lipinski definition) is 1. The fraction of sp³-hybridized carbons (Fsp3) is 0.400. The van der Waals surface area contributed by atoms with E-state index in [1.165, 1.54) is 0 Å². The molecule has 168 valence electrons. The van der Waals surface area contributed by atoms with E-state index >= 15 is 0 Å². The van der Waals surface area contributed by atoms with Gasteiger partial charge in [0.2, 0.25) is 5.88 Å². The Morgan fingerprint density at radius 2 is 1.62 bits per heavy atom. The Morgan fingerprint density at radius 3 is 2.28 bits per heavy atom. The van der Waals surface area contributed by atoms with Crippen LogP contribution in [0.25, 0.3) is 0 Å². The van der Waals surface area contributed by atoms with Crippen molar-refractivity contribution in [1.29, 1.82) is 0 Å². The van der Waals surface area contributed by atoms with Gasteiger partial charge >= 0.3 is 0 Å². The zero-order chi connectivity index (χ0) is 23.1. The van der Waals surface area contributed by atoms with E-state index in [4.69, 9.17) is 0 Å². The topological polar surface area (TPSA) is 87.5 Å². The fourth-order valence-corrected chi connectivity index (χ4v) is 3.24. The highest BCUT2D eigenvalue weighted by atomic mass is 16.3. The summed E-state index contributed by atoms with van der Waals surface area (Å²) in [6.45, 7) is 10.9. The van der Waals surface area contributed by atoms with Gasteiger partial charge in [0.25, 0.3) is 0 Å². The second-order valence-corrected chi connectivity index (χ2v) is 8.91. The molecule has 0 aliphatic carbocycles. The largest absolute Gasteiger partial charge is 0.492 e. The molecule has 0 fully saturated rings. The van der Waals surface area contributed by atoms with E-state index in [1.54, 1.807) is 4.68 Å². The summed E-state index contributed by atoms with van der Waals surface area (Å²) in [6.07, 6.45) is 3.17. The van der Waals surface area contributed by atoms with Gasteiger partial charge in [0.15, 0.2) is 5.69 Å². The zero-order valence-electron chi connectivity index (χ0n) is 19.6. The normalized spacial score (nSPS) is 12.3. The summed E-state index contributed by atoms with van der Waals surface area (Å²) in [5.41, 5.74) is 4.10. The third kappa shape index (κ3) is 5.87. The molecule has 0 amide bonds. The van der Waals surface area contributed by atoms with Gasteiger partial charge in [-0.2, -0.15) is 20.4 Å². The Labute approximate surface area is 189 Å². The van der Waals surface area contributed by atoms with Crippen LogP contribution in [0.1, 0.15) is 58.2 Å². The fourth-order valence-electron chi connectivity index (χ4n) is 3.24. The predicted molar refractivity (Wildman–Crippen MR) is 128 cm³/mol. The Hall–Kier alpha value is -3.35. The van der Waals surface area contributed by atoms with Crippen molar-refractivity contribution in [2.24, 2.45) is 20.5 Å². The van der Waals surface area contributed by atoms with Crippen molar-refractivity contribution in [1.82, 2.24) is 9.78 Å². The number of rotatable bonds is 8. The zero-order valence-corrected chi connectivity index (χ0v) is 19.6. The SMILES string of the molecule is CCCCCn1nc(C(C)(C)C)c(/N=N/c2ccc(/N=N/c3ccccc3)c(C)c2)c1O. The van der Waals surface area contributed by atoms with Gasteiger partial charge in [-0.15, -0.1) is 5.11 Å². The van der Waals surface area contributed by atoms with Gasteiger partial charge in [-0.05, 0) is 49.2 Å². The Morgan fingerprint density at radius 1 is 0.906 bits per heavy atom. The van der Waals surface area contributed by atoms with E-state index in [-0.39, 0.29) is 11.3 Å². The molecule has 32 heavy (non-hydrogen) atoms. The smallest absolute Gasteiger partial charge is 0.238 e. The van der Waals surface area contributed by atoms with E-state index in [1.807, 2.05) is 55.5 Å². The molecule has 0 aliphatic heterocycles. The molecular weight excluding hydrogens is 400 g/mol. The predicted octanol–water partition coefficient (Wildman–Crippen LogP) is 8.22.